The highest BCUT2D eigenvalue weighted by molar-refractivity contribution is 9.10. The number of anilines is 1. The number of hydrogen-bond donors (Lipinski definition) is 1. The predicted molar refractivity (Wildman–Crippen MR) is 85.2 cm³/mol. The third-order valence-corrected chi connectivity index (χ3v) is 3.85. The molecule has 0 aliphatic carbocycles. The highest BCUT2D eigenvalue weighted by atomic mass is 79.9. The average Bonchev–Trinajstić information content (AvgIpc) is 2.79. The molecular weight excluding hydrogens is 340 g/mol. The van der Waals surface area contributed by atoms with Crippen molar-refractivity contribution in [3.05, 3.63) is 57.3 Å². The Balaban J connectivity index is 1.80. The number of rotatable bonds is 3. The molecule has 0 saturated carbocycles. The van der Waals surface area contributed by atoms with Gasteiger partial charge in [0, 0.05) is 28.7 Å². The molecule has 1 aromatic heterocycles. The summed E-state index contributed by atoms with van der Waals surface area (Å²) in [5.41, 5.74) is 3.68. The molecule has 20 heavy (non-hydrogen) atoms. The van der Waals surface area contributed by atoms with Crippen molar-refractivity contribution < 1.29 is 4.42 Å². The van der Waals surface area contributed by atoms with Gasteiger partial charge in [0.15, 0.2) is 11.5 Å². The smallest absolute Gasteiger partial charge is 0.192 e. The first-order chi connectivity index (χ1) is 9.61. The summed E-state index contributed by atoms with van der Waals surface area (Å²) in [4.78, 5) is 4.32. The molecule has 3 nitrogen and oxygen atoms in total. The molecule has 0 bridgehead atoms. The average molecular weight is 352 g/mol. The summed E-state index contributed by atoms with van der Waals surface area (Å²) in [5, 5.41) is 4.09. The summed E-state index contributed by atoms with van der Waals surface area (Å²) in [6, 6.07) is 11.7. The number of benzene rings is 2. The lowest BCUT2D eigenvalue weighted by Gasteiger charge is -2.08. The van der Waals surface area contributed by atoms with Crippen LogP contribution in [0.15, 0.2) is 45.3 Å². The Morgan fingerprint density at radius 2 is 2.10 bits per heavy atom. The highest BCUT2D eigenvalue weighted by Gasteiger charge is 2.04. The Kier molecular flexibility index (Phi) is 3.68. The third-order valence-electron chi connectivity index (χ3n) is 2.99. The van der Waals surface area contributed by atoms with Crippen LogP contribution in [0.25, 0.3) is 11.1 Å². The van der Waals surface area contributed by atoms with Crippen molar-refractivity contribution in [3.8, 4) is 0 Å². The van der Waals surface area contributed by atoms with E-state index in [-0.39, 0.29) is 0 Å². The van der Waals surface area contributed by atoms with Gasteiger partial charge in [-0.25, -0.2) is 4.98 Å². The number of aryl methyl sites for hydroxylation is 1. The summed E-state index contributed by atoms with van der Waals surface area (Å²) in [6.45, 7) is 2.50. The van der Waals surface area contributed by atoms with Crippen molar-refractivity contribution in [1.29, 1.82) is 0 Å². The first kappa shape index (κ1) is 13.5. The maximum Gasteiger partial charge on any atom is 0.192 e. The number of hydrogen-bond acceptors (Lipinski definition) is 3. The van der Waals surface area contributed by atoms with Gasteiger partial charge >= 0.3 is 0 Å². The lowest BCUT2D eigenvalue weighted by molar-refractivity contribution is 0.561. The van der Waals surface area contributed by atoms with Crippen LogP contribution >= 0.6 is 27.5 Å². The summed E-state index contributed by atoms with van der Waals surface area (Å²) < 4.78 is 6.47. The van der Waals surface area contributed by atoms with Crippen LogP contribution in [-0.4, -0.2) is 4.98 Å². The molecular formula is C15H12BrClN2O. The first-order valence-corrected chi connectivity index (χ1v) is 7.34. The Morgan fingerprint density at radius 3 is 2.95 bits per heavy atom. The molecule has 0 atom stereocenters. The molecule has 0 fully saturated rings. The van der Waals surface area contributed by atoms with Gasteiger partial charge in [-0.2, -0.15) is 0 Å². The second-order valence-corrected chi connectivity index (χ2v) is 5.83. The molecule has 1 N–H and O–H groups in total. The standard InChI is InChI=1S/C15H12BrClN2O/c1-9-19-14-7-12(3-5-15(14)20-9)18-8-10-6-11(16)2-4-13(10)17/h2-7,18H,8H2,1H3. The maximum absolute atomic E-state index is 6.17. The minimum absolute atomic E-state index is 0.653. The number of nitrogens with one attached hydrogen (secondary N) is 1. The van der Waals surface area contributed by atoms with Gasteiger partial charge in [-0.05, 0) is 42.0 Å². The van der Waals surface area contributed by atoms with E-state index in [1.54, 1.807) is 0 Å². The van der Waals surface area contributed by atoms with Crippen LogP contribution < -0.4 is 5.32 Å². The molecule has 3 rings (SSSR count). The zero-order chi connectivity index (χ0) is 14.1. The first-order valence-electron chi connectivity index (χ1n) is 6.17. The van der Waals surface area contributed by atoms with Crippen LogP contribution in [0.4, 0.5) is 5.69 Å². The minimum Gasteiger partial charge on any atom is -0.441 e. The Labute approximate surface area is 130 Å². The van der Waals surface area contributed by atoms with Gasteiger partial charge in [0.2, 0.25) is 0 Å². The summed E-state index contributed by atoms with van der Waals surface area (Å²) in [5.74, 6) is 0.673. The van der Waals surface area contributed by atoms with E-state index in [4.69, 9.17) is 16.0 Å². The fourth-order valence-corrected chi connectivity index (χ4v) is 2.62. The molecule has 0 aliphatic heterocycles. The number of fused-ring (bicyclic) bond motifs is 1. The predicted octanol–water partition coefficient (Wildman–Crippen LogP) is 5.16. The van der Waals surface area contributed by atoms with Crippen LogP contribution in [0, 0.1) is 6.92 Å². The fourth-order valence-electron chi connectivity index (χ4n) is 2.03. The van der Waals surface area contributed by atoms with Crippen LogP contribution in [0.2, 0.25) is 5.02 Å². The van der Waals surface area contributed by atoms with E-state index in [0.717, 1.165) is 31.8 Å². The van der Waals surface area contributed by atoms with Crippen LogP contribution in [-0.2, 0) is 6.54 Å². The van der Waals surface area contributed by atoms with Crippen molar-refractivity contribution in [2.75, 3.05) is 5.32 Å². The SMILES string of the molecule is Cc1nc2cc(NCc3cc(Br)ccc3Cl)ccc2o1. The van der Waals surface area contributed by atoms with E-state index in [1.165, 1.54) is 0 Å². The van der Waals surface area contributed by atoms with Crippen molar-refractivity contribution in [2.24, 2.45) is 0 Å². The molecule has 0 saturated heterocycles. The molecule has 102 valence electrons. The quantitative estimate of drug-likeness (QED) is 0.708. The normalized spacial score (nSPS) is 10.9. The van der Waals surface area contributed by atoms with E-state index in [9.17, 15) is 0 Å². The molecule has 0 amide bonds. The second kappa shape index (κ2) is 5.46. The largest absolute Gasteiger partial charge is 0.441 e. The summed E-state index contributed by atoms with van der Waals surface area (Å²) in [7, 11) is 0. The van der Waals surface area contributed by atoms with Gasteiger partial charge in [-0.15, -0.1) is 0 Å². The van der Waals surface area contributed by atoms with E-state index in [2.05, 4.69) is 26.2 Å². The van der Waals surface area contributed by atoms with Gasteiger partial charge in [-0.1, -0.05) is 27.5 Å². The van der Waals surface area contributed by atoms with Crippen LogP contribution in [0.3, 0.4) is 0 Å². The monoisotopic (exact) mass is 350 g/mol. The van der Waals surface area contributed by atoms with Gasteiger partial charge < -0.3 is 9.73 Å². The Hall–Kier alpha value is -1.52. The Morgan fingerprint density at radius 1 is 1.25 bits per heavy atom. The van der Waals surface area contributed by atoms with E-state index < -0.39 is 0 Å². The molecule has 0 spiro atoms. The molecule has 5 heteroatoms. The molecule has 2 aromatic carbocycles. The zero-order valence-electron chi connectivity index (χ0n) is 10.8. The fraction of sp³-hybridized carbons (Fsp3) is 0.133. The van der Waals surface area contributed by atoms with Gasteiger partial charge in [-0.3, -0.25) is 0 Å². The molecule has 0 unspecified atom stereocenters. The minimum atomic E-state index is 0.653. The third kappa shape index (κ3) is 2.81. The topological polar surface area (TPSA) is 38.1 Å². The van der Waals surface area contributed by atoms with E-state index >= 15 is 0 Å². The molecule has 0 radical (unpaired) electrons. The lowest BCUT2D eigenvalue weighted by Crippen LogP contribution is -2.00. The second-order valence-electron chi connectivity index (χ2n) is 4.50. The van der Waals surface area contributed by atoms with Gasteiger partial charge in [0.05, 0.1) is 0 Å². The molecule has 3 aromatic rings. The molecule has 0 aliphatic rings. The number of nitrogens with zero attached hydrogens (tertiary/aromatic N) is 1. The summed E-state index contributed by atoms with van der Waals surface area (Å²) in [6.07, 6.45) is 0. The zero-order valence-corrected chi connectivity index (χ0v) is 13.1. The van der Waals surface area contributed by atoms with Crippen molar-refractivity contribution in [3.63, 3.8) is 0 Å². The van der Waals surface area contributed by atoms with Crippen LogP contribution in [0.5, 0.6) is 0 Å². The van der Waals surface area contributed by atoms with Crippen molar-refractivity contribution in [1.82, 2.24) is 4.98 Å². The maximum atomic E-state index is 6.17. The van der Waals surface area contributed by atoms with E-state index in [1.807, 2.05) is 43.3 Å². The highest BCUT2D eigenvalue weighted by Crippen LogP contribution is 2.23. The van der Waals surface area contributed by atoms with Crippen molar-refractivity contribution >= 4 is 44.3 Å². The number of aromatic nitrogens is 1. The lowest BCUT2D eigenvalue weighted by atomic mass is 10.2. The van der Waals surface area contributed by atoms with Crippen molar-refractivity contribution in [2.45, 2.75) is 13.5 Å². The molecule has 1 heterocycles. The Bertz CT molecular complexity index is 770. The van der Waals surface area contributed by atoms with Gasteiger partial charge in [0.1, 0.15) is 5.52 Å². The van der Waals surface area contributed by atoms with Gasteiger partial charge in [0.25, 0.3) is 0 Å². The van der Waals surface area contributed by atoms with Crippen LogP contribution in [0.1, 0.15) is 11.5 Å². The number of oxazole rings is 1. The summed E-state index contributed by atoms with van der Waals surface area (Å²) >= 11 is 9.62. The number of halogens is 2. The van der Waals surface area contributed by atoms with E-state index in [0.29, 0.717) is 12.4 Å².